The van der Waals surface area contributed by atoms with Gasteiger partial charge in [-0.3, -0.25) is 4.79 Å². The number of benzene rings is 3. The first-order valence-electron chi connectivity index (χ1n) is 7.78. The van der Waals surface area contributed by atoms with Crippen molar-refractivity contribution in [2.45, 2.75) is 0 Å². The molecule has 122 valence electrons. The molecule has 0 fully saturated rings. The summed E-state index contributed by atoms with van der Waals surface area (Å²) in [7, 11) is 0. The van der Waals surface area contributed by atoms with Gasteiger partial charge < -0.3 is 10.2 Å². The van der Waals surface area contributed by atoms with Gasteiger partial charge in [-0.1, -0.05) is 30.3 Å². The van der Waals surface area contributed by atoms with Crippen LogP contribution in [0, 0.1) is 0 Å². The topological polar surface area (TPSA) is 57.5 Å². The van der Waals surface area contributed by atoms with Gasteiger partial charge in [-0.15, -0.1) is 11.3 Å². The number of rotatable bonds is 3. The minimum absolute atomic E-state index is 0.0976. The first kappa shape index (κ1) is 15.4. The molecule has 25 heavy (non-hydrogen) atoms. The maximum atomic E-state index is 13.1. The van der Waals surface area contributed by atoms with Crippen LogP contribution < -0.4 is 0 Å². The second kappa shape index (κ2) is 6.07. The van der Waals surface area contributed by atoms with Crippen LogP contribution in [-0.4, -0.2) is 16.0 Å². The molecule has 0 aliphatic carbocycles. The molecular formula is C21H14O3S. The van der Waals surface area contributed by atoms with Crippen molar-refractivity contribution in [2.75, 3.05) is 0 Å². The van der Waals surface area contributed by atoms with Crippen molar-refractivity contribution >= 4 is 27.2 Å². The lowest BCUT2D eigenvalue weighted by Gasteiger charge is -2.05. The Morgan fingerprint density at radius 1 is 0.800 bits per heavy atom. The summed E-state index contributed by atoms with van der Waals surface area (Å²) < 4.78 is 0.943. The highest BCUT2D eigenvalue weighted by Crippen LogP contribution is 2.41. The highest BCUT2D eigenvalue weighted by Gasteiger charge is 2.21. The predicted octanol–water partition coefficient (Wildman–Crippen LogP) is 5.21. The third kappa shape index (κ3) is 2.77. The van der Waals surface area contributed by atoms with Crippen LogP contribution in [0.3, 0.4) is 0 Å². The fraction of sp³-hybridized carbons (Fsp3) is 0. The van der Waals surface area contributed by atoms with Crippen LogP contribution in [0.4, 0.5) is 0 Å². The second-order valence-corrected chi connectivity index (χ2v) is 6.78. The number of ketones is 1. The minimum Gasteiger partial charge on any atom is -0.508 e. The lowest BCUT2D eigenvalue weighted by Crippen LogP contribution is -2.00. The van der Waals surface area contributed by atoms with E-state index >= 15 is 0 Å². The average molecular weight is 346 g/mol. The summed E-state index contributed by atoms with van der Waals surface area (Å²) in [5.74, 6) is 0.201. The zero-order valence-corrected chi connectivity index (χ0v) is 14.0. The van der Waals surface area contributed by atoms with Crippen LogP contribution in [-0.2, 0) is 0 Å². The van der Waals surface area contributed by atoms with Gasteiger partial charge in [0.05, 0.1) is 4.88 Å². The van der Waals surface area contributed by atoms with Crippen LogP contribution in [0.2, 0.25) is 0 Å². The normalized spacial score (nSPS) is 10.9. The summed E-state index contributed by atoms with van der Waals surface area (Å²) in [5.41, 5.74) is 2.28. The fourth-order valence-corrected chi connectivity index (χ4v) is 4.05. The third-order valence-electron chi connectivity index (χ3n) is 4.07. The molecule has 0 amide bonds. The van der Waals surface area contributed by atoms with Crippen LogP contribution in [0.5, 0.6) is 11.5 Å². The van der Waals surface area contributed by atoms with Crippen molar-refractivity contribution in [1.82, 2.24) is 0 Å². The van der Waals surface area contributed by atoms with Gasteiger partial charge in [0.15, 0.2) is 0 Å². The molecule has 0 atom stereocenters. The zero-order valence-electron chi connectivity index (χ0n) is 13.1. The molecule has 0 aliphatic heterocycles. The summed E-state index contributed by atoms with van der Waals surface area (Å²) in [6.07, 6.45) is 0. The highest BCUT2D eigenvalue weighted by molar-refractivity contribution is 7.21. The number of carbonyl (C=O) groups excluding carboxylic acids is 1. The van der Waals surface area contributed by atoms with E-state index in [1.165, 1.54) is 23.5 Å². The Hall–Kier alpha value is -3.11. The zero-order chi connectivity index (χ0) is 17.4. The molecule has 4 aromatic rings. The first-order valence-corrected chi connectivity index (χ1v) is 8.60. The summed E-state index contributed by atoms with van der Waals surface area (Å²) >= 11 is 1.41. The van der Waals surface area contributed by atoms with Crippen molar-refractivity contribution in [3.63, 3.8) is 0 Å². The van der Waals surface area contributed by atoms with Gasteiger partial charge in [0.25, 0.3) is 0 Å². The SMILES string of the molecule is O=C(c1ccc(O)cc1)c1sc2ccc(O)cc2c1-c1ccccc1. The molecule has 0 spiro atoms. The largest absolute Gasteiger partial charge is 0.508 e. The molecule has 4 rings (SSSR count). The molecule has 4 heteroatoms. The summed E-state index contributed by atoms with van der Waals surface area (Å²) in [5, 5.41) is 20.2. The van der Waals surface area contributed by atoms with Gasteiger partial charge in [-0.05, 0) is 48.0 Å². The molecule has 1 heterocycles. The summed E-state index contributed by atoms with van der Waals surface area (Å²) in [6, 6.07) is 21.1. The van der Waals surface area contributed by atoms with Gasteiger partial charge in [-0.2, -0.15) is 0 Å². The molecule has 3 nitrogen and oxygen atoms in total. The monoisotopic (exact) mass is 346 g/mol. The fourth-order valence-electron chi connectivity index (χ4n) is 2.88. The van der Waals surface area contributed by atoms with E-state index in [-0.39, 0.29) is 17.3 Å². The number of hydrogen-bond acceptors (Lipinski definition) is 4. The summed E-state index contributed by atoms with van der Waals surface area (Å²) in [4.78, 5) is 13.7. The molecule has 0 saturated carbocycles. The Bertz CT molecular complexity index is 1060. The van der Waals surface area contributed by atoms with Crippen molar-refractivity contribution in [2.24, 2.45) is 0 Å². The van der Waals surface area contributed by atoms with E-state index in [1.807, 2.05) is 36.4 Å². The van der Waals surface area contributed by atoms with Crippen LogP contribution in [0.1, 0.15) is 15.2 Å². The lowest BCUT2D eigenvalue weighted by molar-refractivity contribution is 0.104. The molecule has 0 aliphatic rings. The minimum atomic E-state index is -0.0976. The van der Waals surface area contributed by atoms with Crippen molar-refractivity contribution < 1.29 is 15.0 Å². The maximum absolute atomic E-state index is 13.1. The van der Waals surface area contributed by atoms with E-state index in [9.17, 15) is 15.0 Å². The molecule has 0 unspecified atom stereocenters. The predicted molar refractivity (Wildman–Crippen MR) is 100 cm³/mol. The van der Waals surface area contributed by atoms with Gasteiger partial charge >= 0.3 is 0 Å². The molecule has 3 aromatic carbocycles. The molecule has 0 saturated heterocycles. The Labute approximate surface area is 148 Å². The van der Waals surface area contributed by atoms with Gasteiger partial charge in [0.1, 0.15) is 11.5 Å². The van der Waals surface area contributed by atoms with E-state index < -0.39 is 0 Å². The number of thiophene rings is 1. The quantitative estimate of drug-likeness (QED) is 0.501. The number of phenols is 2. The molecule has 0 radical (unpaired) electrons. The average Bonchev–Trinajstić information content (AvgIpc) is 3.01. The Morgan fingerprint density at radius 3 is 2.20 bits per heavy atom. The number of fused-ring (bicyclic) bond motifs is 1. The molecule has 2 N–H and O–H groups in total. The standard InChI is InChI=1S/C21H14O3S/c22-15-8-6-14(7-9-15)20(24)21-19(13-4-2-1-3-5-13)17-12-16(23)10-11-18(17)25-21/h1-12,22-23H. The number of hydrogen-bond donors (Lipinski definition) is 2. The second-order valence-electron chi connectivity index (χ2n) is 5.73. The number of phenolic OH excluding ortho intramolecular Hbond substituents is 2. The van der Waals surface area contributed by atoms with Crippen molar-refractivity contribution in [3.8, 4) is 22.6 Å². The van der Waals surface area contributed by atoms with Crippen LogP contribution in [0.25, 0.3) is 21.2 Å². The van der Waals surface area contributed by atoms with Crippen LogP contribution in [0.15, 0.2) is 72.8 Å². The van der Waals surface area contributed by atoms with Gasteiger partial charge in [0.2, 0.25) is 5.78 Å². The Kier molecular flexibility index (Phi) is 3.75. The van der Waals surface area contributed by atoms with E-state index in [0.29, 0.717) is 10.4 Å². The van der Waals surface area contributed by atoms with Crippen LogP contribution >= 0.6 is 11.3 Å². The molecule has 0 bridgehead atoms. The maximum Gasteiger partial charge on any atom is 0.203 e. The van der Waals surface area contributed by atoms with Gasteiger partial charge in [0, 0.05) is 21.2 Å². The van der Waals surface area contributed by atoms with E-state index in [4.69, 9.17) is 0 Å². The van der Waals surface area contributed by atoms with Crippen molar-refractivity contribution in [1.29, 1.82) is 0 Å². The number of aromatic hydroxyl groups is 2. The van der Waals surface area contributed by atoms with E-state index in [2.05, 4.69) is 0 Å². The van der Waals surface area contributed by atoms with E-state index in [1.54, 1.807) is 24.3 Å². The summed E-state index contributed by atoms with van der Waals surface area (Å²) in [6.45, 7) is 0. The lowest BCUT2D eigenvalue weighted by atomic mass is 9.98. The Morgan fingerprint density at radius 2 is 1.48 bits per heavy atom. The first-order chi connectivity index (χ1) is 12.1. The number of carbonyl (C=O) groups is 1. The smallest absolute Gasteiger partial charge is 0.203 e. The molecule has 1 aromatic heterocycles. The Balaban J connectivity index is 1.97. The third-order valence-corrected chi connectivity index (χ3v) is 5.24. The highest BCUT2D eigenvalue weighted by atomic mass is 32.1. The van der Waals surface area contributed by atoms with Crippen molar-refractivity contribution in [3.05, 3.63) is 83.2 Å². The van der Waals surface area contributed by atoms with Gasteiger partial charge in [-0.25, -0.2) is 0 Å². The van der Waals surface area contributed by atoms with E-state index in [0.717, 1.165) is 21.2 Å². The molecular weight excluding hydrogens is 332 g/mol.